The molecule has 0 aliphatic heterocycles. The summed E-state index contributed by atoms with van der Waals surface area (Å²) in [6.45, 7) is 3.87. The number of nitrogens with zero attached hydrogens (tertiary/aromatic N) is 4. The van der Waals surface area contributed by atoms with Crippen molar-refractivity contribution in [3.63, 3.8) is 0 Å². The van der Waals surface area contributed by atoms with Gasteiger partial charge in [0.1, 0.15) is 23.0 Å². The molecule has 0 aliphatic carbocycles. The smallest absolute Gasteiger partial charge is 0.410 e. The number of imidazole rings is 1. The molecule has 4 N–H and O–H groups in total. The first-order valence-corrected chi connectivity index (χ1v) is 11.6. The van der Waals surface area contributed by atoms with Gasteiger partial charge >= 0.3 is 6.09 Å². The Bertz CT molecular complexity index is 1730. The van der Waals surface area contributed by atoms with E-state index in [1.807, 2.05) is 13.8 Å². The summed E-state index contributed by atoms with van der Waals surface area (Å²) in [5.74, 6) is -0.639. The Kier molecular flexibility index (Phi) is 5.96. The van der Waals surface area contributed by atoms with E-state index in [0.717, 1.165) is 0 Å². The van der Waals surface area contributed by atoms with Crippen LogP contribution in [0.15, 0.2) is 54.9 Å². The van der Waals surface area contributed by atoms with Crippen molar-refractivity contribution < 1.29 is 19.1 Å². The van der Waals surface area contributed by atoms with Crippen LogP contribution in [0.1, 0.15) is 35.9 Å². The van der Waals surface area contributed by atoms with Crippen LogP contribution in [0.3, 0.4) is 0 Å². The fourth-order valence-corrected chi connectivity index (χ4v) is 4.55. The predicted octanol–water partition coefficient (Wildman–Crippen LogP) is 5.74. The van der Waals surface area contributed by atoms with Gasteiger partial charge in [0.15, 0.2) is 0 Å². The highest BCUT2D eigenvalue weighted by molar-refractivity contribution is 6.35. The summed E-state index contributed by atoms with van der Waals surface area (Å²) in [4.78, 5) is 36.6. The minimum absolute atomic E-state index is 0.110. The second-order valence-corrected chi connectivity index (χ2v) is 9.07. The minimum atomic E-state index is -1.26. The number of rotatable bonds is 5. The van der Waals surface area contributed by atoms with Gasteiger partial charge in [-0.05, 0) is 53.6 Å². The topological polar surface area (TPSA) is 136 Å². The molecule has 0 aliphatic rings. The Labute approximate surface area is 214 Å². The molecule has 0 fully saturated rings. The Morgan fingerprint density at radius 2 is 1.81 bits per heavy atom. The summed E-state index contributed by atoms with van der Waals surface area (Å²) >= 11 is 6.34. The van der Waals surface area contributed by atoms with Gasteiger partial charge in [-0.2, -0.15) is 0 Å². The second-order valence-electron chi connectivity index (χ2n) is 8.66. The third kappa shape index (κ3) is 4.21. The zero-order valence-corrected chi connectivity index (χ0v) is 20.4. The van der Waals surface area contributed by atoms with Crippen LogP contribution in [-0.2, 0) is 0 Å². The van der Waals surface area contributed by atoms with E-state index in [9.17, 15) is 9.59 Å². The minimum Gasteiger partial charge on any atom is -0.465 e. The Morgan fingerprint density at radius 3 is 2.51 bits per heavy atom. The van der Waals surface area contributed by atoms with Crippen LogP contribution in [0, 0.1) is 5.82 Å². The molecule has 3 aromatic heterocycles. The molecule has 186 valence electrons. The molecular formula is C26H20ClFN6O3. The molecule has 2 amide bonds. The molecule has 5 aromatic rings. The molecule has 5 rings (SSSR count). The number of pyridine rings is 2. The van der Waals surface area contributed by atoms with Crippen molar-refractivity contribution in [2.45, 2.75) is 19.8 Å². The van der Waals surface area contributed by atoms with Gasteiger partial charge in [-0.25, -0.2) is 19.2 Å². The summed E-state index contributed by atoms with van der Waals surface area (Å²) in [6.07, 6.45) is 1.71. The fraction of sp³-hybridized carbons (Fsp3) is 0.115. The van der Waals surface area contributed by atoms with Crippen LogP contribution in [0.2, 0.25) is 5.02 Å². The zero-order valence-electron chi connectivity index (χ0n) is 19.7. The van der Waals surface area contributed by atoms with Crippen LogP contribution >= 0.6 is 11.6 Å². The van der Waals surface area contributed by atoms with Crippen molar-refractivity contribution in [3.05, 3.63) is 77.1 Å². The zero-order chi connectivity index (χ0) is 26.4. The molecule has 0 radical (unpaired) electrons. The molecule has 0 saturated heterocycles. The number of nitrogens with two attached hydrogens (primary N) is 1. The number of carboxylic acid groups (broad SMARTS) is 1. The molecule has 2 aromatic carbocycles. The summed E-state index contributed by atoms with van der Waals surface area (Å²) in [6, 6.07) is 11.0. The number of benzene rings is 2. The van der Waals surface area contributed by atoms with Crippen molar-refractivity contribution in [1.82, 2.24) is 19.5 Å². The van der Waals surface area contributed by atoms with E-state index in [-0.39, 0.29) is 22.7 Å². The number of anilines is 1. The third-order valence-electron chi connectivity index (χ3n) is 5.91. The number of primary amides is 1. The summed E-state index contributed by atoms with van der Waals surface area (Å²) in [5.41, 5.74) is 8.66. The van der Waals surface area contributed by atoms with Gasteiger partial charge in [-0.15, -0.1) is 0 Å². The average molecular weight is 519 g/mol. The van der Waals surface area contributed by atoms with Crippen LogP contribution in [0.4, 0.5) is 15.0 Å². The lowest BCUT2D eigenvalue weighted by Crippen LogP contribution is -2.12. The van der Waals surface area contributed by atoms with Gasteiger partial charge in [0.05, 0.1) is 32.7 Å². The predicted molar refractivity (Wildman–Crippen MR) is 139 cm³/mol. The number of carbonyl (C=O) groups excluding carboxylic acids is 1. The Morgan fingerprint density at radius 1 is 1.05 bits per heavy atom. The molecule has 0 bridgehead atoms. The van der Waals surface area contributed by atoms with Gasteiger partial charge in [0.2, 0.25) is 0 Å². The van der Waals surface area contributed by atoms with Crippen molar-refractivity contribution in [2.75, 3.05) is 5.32 Å². The van der Waals surface area contributed by atoms with E-state index in [2.05, 4.69) is 15.3 Å². The molecular weight excluding hydrogens is 499 g/mol. The monoisotopic (exact) mass is 518 g/mol. The van der Waals surface area contributed by atoms with Crippen LogP contribution in [0.25, 0.3) is 38.8 Å². The largest absolute Gasteiger partial charge is 0.465 e. The van der Waals surface area contributed by atoms with E-state index in [1.54, 1.807) is 28.8 Å². The van der Waals surface area contributed by atoms with Gasteiger partial charge in [0.25, 0.3) is 5.91 Å². The third-order valence-corrected chi connectivity index (χ3v) is 6.21. The summed E-state index contributed by atoms with van der Waals surface area (Å²) in [5, 5.41) is 11.8. The van der Waals surface area contributed by atoms with Crippen LogP contribution in [0.5, 0.6) is 0 Å². The maximum absolute atomic E-state index is 15.2. The maximum atomic E-state index is 15.2. The quantitative estimate of drug-likeness (QED) is 0.271. The first-order valence-electron chi connectivity index (χ1n) is 11.2. The first-order chi connectivity index (χ1) is 17.7. The Balaban J connectivity index is 1.88. The SMILES string of the molecule is CC(C)c1nc2c(C(N)=O)cc(-c3ccnc(NC(=O)O)c3)cc2n1-c1ccnc2c(Cl)ccc(F)c12. The number of hydrogen-bond acceptors (Lipinski definition) is 5. The average Bonchev–Trinajstić information content (AvgIpc) is 3.25. The standard InChI is InChI=1S/C26H20ClFN6O3/c1-12(2)25-33-22-15(24(29)35)9-14(13-5-7-30-20(11-13)32-26(36)37)10-19(22)34(25)18-6-8-31-23-16(27)3-4-17(28)21(18)23/h3-12H,1-2H3,(H2,29,35)(H,30,32)(H,36,37). The number of carbonyl (C=O) groups is 2. The molecule has 0 spiro atoms. The van der Waals surface area contributed by atoms with E-state index in [4.69, 9.17) is 27.4 Å². The lowest BCUT2D eigenvalue weighted by atomic mass is 10.0. The van der Waals surface area contributed by atoms with E-state index < -0.39 is 17.8 Å². The van der Waals surface area contributed by atoms with Gasteiger partial charge in [-0.1, -0.05) is 25.4 Å². The summed E-state index contributed by atoms with van der Waals surface area (Å²) < 4.78 is 17.0. The highest BCUT2D eigenvalue weighted by Crippen LogP contribution is 2.36. The van der Waals surface area contributed by atoms with Crippen molar-refractivity contribution >= 4 is 51.4 Å². The number of fused-ring (bicyclic) bond motifs is 2. The van der Waals surface area contributed by atoms with E-state index in [1.165, 1.54) is 30.6 Å². The summed E-state index contributed by atoms with van der Waals surface area (Å²) in [7, 11) is 0. The van der Waals surface area contributed by atoms with Crippen LogP contribution < -0.4 is 11.1 Å². The number of amides is 2. The number of nitrogens with one attached hydrogen (secondary N) is 1. The highest BCUT2D eigenvalue weighted by Gasteiger charge is 2.23. The van der Waals surface area contributed by atoms with E-state index >= 15 is 4.39 Å². The van der Waals surface area contributed by atoms with Gasteiger partial charge < -0.3 is 10.8 Å². The molecule has 37 heavy (non-hydrogen) atoms. The maximum Gasteiger partial charge on any atom is 0.410 e. The lowest BCUT2D eigenvalue weighted by molar-refractivity contribution is 0.100. The van der Waals surface area contributed by atoms with Crippen LogP contribution in [-0.4, -0.2) is 36.6 Å². The molecule has 0 unspecified atom stereocenters. The molecule has 9 nitrogen and oxygen atoms in total. The number of aromatic nitrogens is 4. The first kappa shape index (κ1) is 24.1. The van der Waals surface area contributed by atoms with Gasteiger partial charge in [0, 0.05) is 18.3 Å². The number of halogens is 2. The number of hydrogen-bond donors (Lipinski definition) is 3. The highest BCUT2D eigenvalue weighted by atomic mass is 35.5. The van der Waals surface area contributed by atoms with E-state index in [0.29, 0.717) is 44.2 Å². The fourth-order valence-electron chi connectivity index (χ4n) is 4.34. The van der Waals surface area contributed by atoms with Crippen molar-refractivity contribution in [1.29, 1.82) is 0 Å². The van der Waals surface area contributed by atoms with Gasteiger partial charge in [-0.3, -0.25) is 19.7 Å². The normalized spacial score (nSPS) is 11.4. The molecule has 11 heteroatoms. The molecule has 0 atom stereocenters. The Hall–Kier alpha value is -4.57. The lowest BCUT2D eigenvalue weighted by Gasteiger charge is -2.15. The van der Waals surface area contributed by atoms with Crippen molar-refractivity contribution in [3.8, 4) is 16.8 Å². The second kappa shape index (κ2) is 9.14. The van der Waals surface area contributed by atoms with Crippen molar-refractivity contribution in [2.24, 2.45) is 5.73 Å². The molecule has 3 heterocycles. The molecule has 0 saturated carbocycles.